The largest absolute Gasteiger partial charge is 0.441 e. The predicted octanol–water partition coefficient (Wildman–Crippen LogP) is 2.74. The normalized spacial score (nSPS) is 10.7. The average molecular weight is 285 g/mol. The second-order valence-corrected chi connectivity index (χ2v) is 4.14. The molecule has 0 spiro atoms. The molecule has 0 aliphatic heterocycles. The van der Waals surface area contributed by atoms with Crippen molar-refractivity contribution in [1.82, 2.24) is 4.98 Å². The molecule has 0 fully saturated rings. The van der Waals surface area contributed by atoms with Crippen LogP contribution in [0.1, 0.15) is 5.89 Å². The number of nitrogens with zero attached hydrogens (tertiary/aromatic N) is 1. The van der Waals surface area contributed by atoms with Crippen molar-refractivity contribution < 1.29 is 8.81 Å². The van der Waals surface area contributed by atoms with E-state index < -0.39 is 0 Å². The van der Waals surface area contributed by atoms with E-state index in [1.165, 1.54) is 12.1 Å². The zero-order valence-electron chi connectivity index (χ0n) is 8.41. The van der Waals surface area contributed by atoms with Crippen LogP contribution in [0, 0.1) is 5.82 Å². The number of halogens is 2. The van der Waals surface area contributed by atoms with E-state index in [1.807, 2.05) is 0 Å². The highest BCUT2D eigenvalue weighted by Crippen LogP contribution is 2.29. The second kappa shape index (κ2) is 4.76. The summed E-state index contributed by atoms with van der Waals surface area (Å²) < 4.78 is 19.0. The van der Waals surface area contributed by atoms with Crippen LogP contribution < -0.4 is 5.73 Å². The summed E-state index contributed by atoms with van der Waals surface area (Å²) in [5.41, 5.74) is 6.17. The van der Waals surface area contributed by atoms with Crippen molar-refractivity contribution in [3.8, 4) is 11.3 Å². The minimum absolute atomic E-state index is 0.294. The van der Waals surface area contributed by atoms with E-state index in [9.17, 15) is 4.39 Å². The molecule has 5 heteroatoms. The van der Waals surface area contributed by atoms with Gasteiger partial charge in [-0.15, -0.1) is 0 Å². The Labute approximate surface area is 101 Å². The first-order valence-electron chi connectivity index (χ1n) is 4.81. The van der Waals surface area contributed by atoms with E-state index in [1.54, 1.807) is 12.3 Å². The molecule has 0 atom stereocenters. The van der Waals surface area contributed by atoms with Crippen LogP contribution in [0.5, 0.6) is 0 Å². The Hall–Kier alpha value is -1.20. The highest BCUT2D eigenvalue weighted by atomic mass is 79.9. The quantitative estimate of drug-likeness (QED) is 0.943. The molecule has 1 aromatic heterocycles. The Kier molecular flexibility index (Phi) is 3.36. The van der Waals surface area contributed by atoms with Crippen LogP contribution in [-0.4, -0.2) is 11.5 Å². The van der Waals surface area contributed by atoms with E-state index in [-0.39, 0.29) is 5.82 Å². The van der Waals surface area contributed by atoms with Crippen LogP contribution >= 0.6 is 15.9 Å². The maximum absolute atomic E-state index is 12.9. The molecule has 1 aromatic carbocycles. The third kappa shape index (κ3) is 2.31. The predicted molar refractivity (Wildman–Crippen MR) is 62.4 cm³/mol. The summed E-state index contributed by atoms with van der Waals surface area (Å²) in [6, 6.07) is 4.41. The van der Waals surface area contributed by atoms with Gasteiger partial charge >= 0.3 is 0 Å². The van der Waals surface area contributed by atoms with Crippen molar-refractivity contribution in [1.29, 1.82) is 0 Å². The van der Waals surface area contributed by atoms with Gasteiger partial charge in [-0.25, -0.2) is 9.37 Å². The number of hydrogen-bond acceptors (Lipinski definition) is 3. The minimum Gasteiger partial charge on any atom is -0.441 e. The zero-order valence-corrected chi connectivity index (χ0v) is 10.00. The first-order chi connectivity index (χ1) is 7.70. The first-order valence-corrected chi connectivity index (χ1v) is 5.60. The molecule has 0 bridgehead atoms. The fourth-order valence-corrected chi connectivity index (χ4v) is 1.91. The lowest BCUT2D eigenvalue weighted by molar-refractivity contribution is 0.507. The van der Waals surface area contributed by atoms with E-state index in [0.717, 1.165) is 5.56 Å². The maximum atomic E-state index is 12.9. The molecule has 2 aromatic rings. The van der Waals surface area contributed by atoms with Crippen molar-refractivity contribution in [2.75, 3.05) is 6.54 Å². The third-order valence-electron chi connectivity index (χ3n) is 2.11. The van der Waals surface area contributed by atoms with E-state index in [0.29, 0.717) is 29.1 Å². The molecule has 84 valence electrons. The number of oxazole rings is 1. The van der Waals surface area contributed by atoms with Gasteiger partial charge in [-0.1, -0.05) is 0 Å². The van der Waals surface area contributed by atoms with Gasteiger partial charge < -0.3 is 10.2 Å². The molecule has 0 aliphatic rings. The molecular weight excluding hydrogens is 275 g/mol. The second-order valence-electron chi connectivity index (χ2n) is 3.28. The van der Waals surface area contributed by atoms with Crippen LogP contribution in [0.15, 0.2) is 33.3 Å². The fourth-order valence-electron chi connectivity index (χ4n) is 1.36. The van der Waals surface area contributed by atoms with Crippen molar-refractivity contribution >= 4 is 15.9 Å². The molecule has 0 aliphatic carbocycles. The summed E-state index contributed by atoms with van der Waals surface area (Å²) in [4.78, 5) is 4.08. The van der Waals surface area contributed by atoms with Crippen LogP contribution in [0.3, 0.4) is 0 Å². The molecule has 0 saturated carbocycles. The maximum Gasteiger partial charge on any atom is 0.196 e. The van der Waals surface area contributed by atoms with E-state index >= 15 is 0 Å². The van der Waals surface area contributed by atoms with Gasteiger partial charge in [0.15, 0.2) is 11.7 Å². The molecule has 0 radical (unpaired) electrons. The topological polar surface area (TPSA) is 52.0 Å². The average Bonchev–Trinajstić information content (AvgIpc) is 2.67. The summed E-state index contributed by atoms with van der Waals surface area (Å²) in [6.45, 7) is 0.491. The molecule has 3 nitrogen and oxygen atoms in total. The van der Waals surface area contributed by atoms with Gasteiger partial charge in [-0.05, 0) is 34.1 Å². The summed E-state index contributed by atoms with van der Waals surface area (Å²) in [7, 11) is 0. The van der Waals surface area contributed by atoms with Gasteiger partial charge in [-0.2, -0.15) is 0 Å². The minimum atomic E-state index is -0.294. The standard InChI is InChI=1S/C11H10BrFN2O/c12-9-5-7(13)1-2-8(9)10-6-15-11(16-10)3-4-14/h1-2,5-6H,3-4,14H2. The van der Waals surface area contributed by atoms with Crippen molar-refractivity contribution in [3.63, 3.8) is 0 Å². The van der Waals surface area contributed by atoms with Gasteiger partial charge in [0.25, 0.3) is 0 Å². The monoisotopic (exact) mass is 284 g/mol. The number of rotatable bonds is 3. The Morgan fingerprint density at radius 1 is 1.44 bits per heavy atom. The highest BCUT2D eigenvalue weighted by Gasteiger charge is 2.09. The third-order valence-corrected chi connectivity index (χ3v) is 2.76. The molecule has 0 amide bonds. The van der Waals surface area contributed by atoms with Gasteiger partial charge in [0.2, 0.25) is 0 Å². The summed E-state index contributed by atoms with van der Waals surface area (Å²) in [5, 5.41) is 0. The molecule has 2 N–H and O–H groups in total. The highest BCUT2D eigenvalue weighted by molar-refractivity contribution is 9.10. The van der Waals surface area contributed by atoms with Gasteiger partial charge in [-0.3, -0.25) is 0 Å². The Balaban J connectivity index is 2.35. The summed E-state index contributed by atoms with van der Waals surface area (Å²) >= 11 is 3.28. The van der Waals surface area contributed by atoms with Gasteiger partial charge in [0.1, 0.15) is 5.82 Å². The lowest BCUT2D eigenvalue weighted by Crippen LogP contribution is -2.02. The fraction of sp³-hybridized carbons (Fsp3) is 0.182. The van der Waals surface area contributed by atoms with E-state index in [2.05, 4.69) is 20.9 Å². The van der Waals surface area contributed by atoms with Gasteiger partial charge in [0, 0.05) is 23.0 Å². The molecule has 16 heavy (non-hydrogen) atoms. The van der Waals surface area contributed by atoms with E-state index in [4.69, 9.17) is 10.2 Å². The molecular formula is C11H10BrFN2O. The van der Waals surface area contributed by atoms with Crippen molar-refractivity contribution in [2.45, 2.75) is 6.42 Å². The number of aromatic nitrogens is 1. The van der Waals surface area contributed by atoms with Crippen molar-refractivity contribution in [2.24, 2.45) is 5.73 Å². The van der Waals surface area contributed by atoms with Crippen LogP contribution in [0.25, 0.3) is 11.3 Å². The number of benzene rings is 1. The molecule has 0 saturated heterocycles. The van der Waals surface area contributed by atoms with Gasteiger partial charge in [0.05, 0.1) is 6.20 Å². The number of nitrogens with two attached hydrogens (primary N) is 1. The zero-order chi connectivity index (χ0) is 11.5. The van der Waals surface area contributed by atoms with Crippen molar-refractivity contribution in [3.05, 3.63) is 40.6 Å². The number of hydrogen-bond donors (Lipinski definition) is 1. The SMILES string of the molecule is NCCc1ncc(-c2ccc(F)cc2Br)o1. The smallest absolute Gasteiger partial charge is 0.196 e. The van der Waals surface area contributed by atoms with Crippen LogP contribution in [-0.2, 0) is 6.42 Å². The Morgan fingerprint density at radius 2 is 2.25 bits per heavy atom. The molecule has 0 unspecified atom stereocenters. The molecule has 2 rings (SSSR count). The first kappa shape index (κ1) is 11.3. The summed E-state index contributed by atoms with van der Waals surface area (Å²) in [5.74, 6) is 0.904. The lowest BCUT2D eigenvalue weighted by Gasteiger charge is -1.99. The lowest BCUT2D eigenvalue weighted by atomic mass is 10.2. The van der Waals surface area contributed by atoms with Crippen LogP contribution in [0.4, 0.5) is 4.39 Å². The Bertz CT molecular complexity index is 498. The van der Waals surface area contributed by atoms with Crippen LogP contribution in [0.2, 0.25) is 0 Å². The summed E-state index contributed by atoms with van der Waals surface area (Å²) in [6.07, 6.45) is 2.21. The molecule has 1 heterocycles. The Morgan fingerprint density at radius 3 is 2.94 bits per heavy atom.